The topological polar surface area (TPSA) is 72.0 Å². The van der Waals surface area contributed by atoms with Crippen molar-refractivity contribution in [1.29, 1.82) is 5.41 Å². The van der Waals surface area contributed by atoms with E-state index in [0.29, 0.717) is 11.4 Å². The first kappa shape index (κ1) is 12.4. The van der Waals surface area contributed by atoms with Gasteiger partial charge in [0.2, 0.25) is 0 Å². The van der Waals surface area contributed by atoms with Crippen LogP contribution in [0.25, 0.3) is 0 Å². The molecule has 0 unspecified atom stereocenters. The molecule has 3 N–H and O–H groups in total. The largest absolute Gasteiger partial charge is 0.455 e. The molecule has 1 aromatic carbocycles. The highest BCUT2D eigenvalue weighted by Gasteiger charge is 2.04. The van der Waals surface area contributed by atoms with Gasteiger partial charge in [0.05, 0.1) is 6.20 Å². The van der Waals surface area contributed by atoms with E-state index in [9.17, 15) is 0 Å². The zero-order valence-corrected chi connectivity index (χ0v) is 10.7. The molecule has 18 heavy (non-hydrogen) atoms. The summed E-state index contributed by atoms with van der Waals surface area (Å²) in [6.07, 6.45) is 3.56. The molecule has 0 amide bonds. The van der Waals surface area contributed by atoms with E-state index in [4.69, 9.17) is 15.9 Å². The zero-order chi connectivity index (χ0) is 13.0. The van der Waals surface area contributed by atoms with Gasteiger partial charge < -0.3 is 10.5 Å². The van der Waals surface area contributed by atoms with Crippen molar-refractivity contribution in [1.82, 2.24) is 4.98 Å². The molecule has 0 aliphatic carbocycles. The standard InChI is InChI=1S/C13H13N3OS/c1-18-12-5-3-2-4-11(12)17-9-6-7-10(13(14)15)16-8-9/h2-8H,1H3,(H3,14,15). The fraction of sp³-hybridized carbons (Fsp3) is 0.0769. The zero-order valence-electron chi connectivity index (χ0n) is 9.88. The molecule has 0 atom stereocenters. The second-order valence-electron chi connectivity index (χ2n) is 3.55. The van der Waals surface area contributed by atoms with Crippen molar-refractivity contribution in [3.05, 3.63) is 48.3 Å². The van der Waals surface area contributed by atoms with Crippen LogP contribution >= 0.6 is 11.8 Å². The number of benzene rings is 1. The number of nitrogens with two attached hydrogens (primary N) is 1. The van der Waals surface area contributed by atoms with Crippen LogP contribution in [0.5, 0.6) is 11.5 Å². The van der Waals surface area contributed by atoms with E-state index in [2.05, 4.69) is 4.98 Å². The first-order valence-electron chi connectivity index (χ1n) is 5.32. The summed E-state index contributed by atoms with van der Waals surface area (Å²) in [5.74, 6) is 1.37. The molecule has 0 bridgehead atoms. The van der Waals surface area contributed by atoms with E-state index in [1.807, 2.05) is 30.5 Å². The van der Waals surface area contributed by atoms with Gasteiger partial charge in [-0.15, -0.1) is 11.8 Å². The summed E-state index contributed by atoms with van der Waals surface area (Å²) >= 11 is 1.62. The number of hydrogen-bond donors (Lipinski definition) is 2. The van der Waals surface area contributed by atoms with Crippen molar-refractivity contribution in [2.75, 3.05) is 6.26 Å². The van der Waals surface area contributed by atoms with Crippen LogP contribution < -0.4 is 10.5 Å². The number of nitrogen functional groups attached to an aromatic ring is 1. The molecule has 0 saturated heterocycles. The summed E-state index contributed by atoms with van der Waals surface area (Å²) in [5, 5.41) is 7.26. The molecule has 2 aromatic rings. The Morgan fingerprint density at radius 2 is 2.06 bits per heavy atom. The monoisotopic (exact) mass is 259 g/mol. The fourth-order valence-corrected chi connectivity index (χ4v) is 1.96. The van der Waals surface area contributed by atoms with E-state index < -0.39 is 0 Å². The average molecular weight is 259 g/mol. The highest BCUT2D eigenvalue weighted by molar-refractivity contribution is 7.98. The van der Waals surface area contributed by atoms with Gasteiger partial charge in [0.25, 0.3) is 0 Å². The van der Waals surface area contributed by atoms with Gasteiger partial charge in [0, 0.05) is 4.90 Å². The molecular weight excluding hydrogens is 246 g/mol. The summed E-state index contributed by atoms with van der Waals surface area (Å²) < 4.78 is 5.74. The van der Waals surface area contributed by atoms with Crippen molar-refractivity contribution in [3.8, 4) is 11.5 Å². The van der Waals surface area contributed by atoms with Crippen LogP contribution in [-0.4, -0.2) is 17.1 Å². The van der Waals surface area contributed by atoms with Crippen molar-refractivity contribution >= 4 is 17.6 Å². The Bertz CT molecular complexity index is 554. The van der Waals surface area contributed by atoms with E-state index in [1.165, 1.54) is 0 Å². The fourth-order valence-electron chi connectivity index (χ4n) is 1.43. The molecular formula is C13H13N3OS. The summed E-state index contributed by atoms with van der Waals surface area (Å²) in [6.45, 7) is 0. The Morgan fingerprint density at radius 1 is 1.28 bits per heavy atom. The minimum Gasteiger partial charge on any atom is -0.455 e. The predicted molar refractivity (Wildman–Crippen MR) is 73.6 cm³/mol. The van der Waals surface area contributed by atoms with Gasteiger partial charge in [0.1, 0.15) is 23.0 Å². The minimum absolute atomic E-state index is 0.0499. The highest BCUT2D eigenvalue weighted by Crippen LogP contribution is 2.30. The number of ether oxygens (including phenoxy) is 1. The van der Waals surface area contributed by atoms with Gasteiger partial charge >= 0.3 is 0 Å². The molecule has 1 aromatic heterocycles. The van der Waals surface area contributed by atoms with Crippen molar-refractivity contribution < 1.29 is 4.74 Å². The van der Waals surface area contributed by atoms with E-state index in [0.717, 1.165) is 10.6 Å². The van der Waals surface area contributed by atoms with E-state index in [1.54, 1.807) is 30.1 Å². The molecule has 5 heteroatoms. The average Bonchev–Trinajstić information content (AvgIpc) is 2.40. The number of nitrogens with one attached hydrogen (secondary N) is 1. The van der Waals surface area contributed by atoms with Gasteiger partial charge in [-0.25, -0.2) is 4.98 Å². The van der Waals surface area contributed by atoms with Crippen molar-refractivity contribution in [2.45, 2.75) is 4.90 Å². The minimum atomic E-state index is -0.0499. The molecule has 92 valence electrons. The number of rotatable bonds is 4. The lowest BCUT2D eigenvalue weighted by atomic mass is 10.3. The SMILES string of the molecule is CSc1ccccc1Oc1ccc(C(=N)N)nc1. The van der Waals surface area contributed by atoms with Crippen LogP contribution in [-0.2, 0) is 0 Å². The summed E-state index contributed by atoms with van der Waals surface area (Å²) in [4.78, 5) is 5.11. The molecule has 1 heterocycles. The molecule has 0 radical (unpaired) electrons. The number of para-hydroxylation sites is 1. The second kappa shape index (κ2) is 5.55. The number of hydrogen-bond acceptors (Lipinski definition) is 4. The number of aromatic nitrogens is 1. The highest BCUT2D eigenvalue weighted by atomic mass is 32.2. The predicted octanol–water partition coefficient (Wildman–Crippen LogP) is 2.88. The van der Waals surface area contributed by atoms with E-state index in [-0.39, 0.29) is 5.84 Å². The van der Waals surface area contributed by atoms with Gasteiger partial charge in [-0.05, 0) is 30.5 Å². The second-order valence-corrected chi connectivity index (χ2v) is 4.39. The summed E-state index contributed by atoms with van der Waals surface area (Å²) in [7, 11) is 0. The van der Waals surface area contributed by atoms with Crippen LogP contribution in [0, 0.1) is 5.41 Å². The van der Waals surface area contributed by atoms with Gasteiger partial charge in [-0.1, -0.05) is 12.1 Å². The molecule has 0 saturated carbocycles. The maximum Gasteiger partial charge on any atom is 0.145 e. The molecule has 0 spiro atoms. The number of thioether (sulfide) groups is 1. The van der Waals surface area contributed by atoms with Crippen LogP contribution in [0.2, 0.25) is 0 Å². The van der Waals surface area contributed by atoms with Gasteiger partial charge in [-0.2, -0.15) is 0 Å². The number of amidine groups is 1. The molecule has 2 rings (SSSR count). The maximum atomic E-state index is 7.26. The summed E-state index contributed by atoms with van der Waals surface area (Å²) in [6, 6.07) is 11.2. The summed E-state index contributed by atoms with van der Waals surface area (Å²) in [5.41, 5.74) is 5.78. The Labute approximate surface area is 110 Å². The van der Waals surface area contributed by atoms with Crippen LogP contribution in [0.1, 0.15) is 5.69 Å². The Morgan fingerprint density at radius 3 is 2.67 bits per heavy atom. The number of nitrogens with zero attached hydrogens (tertiary/aromatic N) is 1. The number of pyridine rings is 1. The van der Waals surface area contributed by atoms with Crippen LogP contribution in [0.15, 0.2) is 47.5 Å². The third kappa shape index (κ3) is 2.81. The van der Waals surface area contributed by atoms with Crippen molar-refractivity contribution in [2.24, 2.45) is 5.73 Å². The lowest BCUT2D eigenvalue weighted by molar-refractivity contribution is 0.469. The van der Waals surface area contributed by atoms with E-state index >= 15 is 0 Å². The first-order chi connectivity index (χ1) is 8.70. The normalized spacial score (nSPS) is 10.1. The lowest BCUT2D eigenvalue weighted by Gasteiger charge is -2.09. The van der Waals surface area contributed by atoms with Crippen molar-refractivity contribution in [3.63, 3.8) is 0 Å². The first-order valence-corrected chi connectivity index (χ1v) is 6.54. The van der Waals surface area contributed by atoms with Gasteiger partial charge in [-0.3, -0.25) is 5.41 Å². The van der Waals surface area contributed by atoms with Gasteiger partial charge in [0.15, 0.2) is 0 Å². The van der Waals surface area contributed by atoms with Crippen LogP contribution in [0.3, 0.4) is 0 Å². The Hall–Kier alpha value is -2.01. The molecule has 0 fully saturated rings. The van der Waals surface area contributed by atoms with Crippen LogP contribution in [0.4, 0.5) is 0 Å². The smallest absolute Gasteiger partial charge is 0.145 e. The quantitative estimate of drug-likeness (QED) is 0.503. The Balaban J connectivity index is 2.21. The molecule has 4 nitrogen and oxygen atoms in total. The molecule has 0 aliphatic rings. The third-order valence-electron chi connectivity index (χ3n) is 2.31. The Kier molecular flexibility index (Phi) is 3.84. The molecule has 0 aliphatic heterocycles. The third-order valence-corrected chi connectivity index (χ3v) is 3.09. The maximum absolute atomic E-state index is 7.26. The lowest BCUT2D eigenvalue weighted by Crippen LogP contribution is -2.12.